The quantitative estimate of drug-likeness (QED) is 0.606. The summed E-state index contributed by atoms with van der Waals surface area (Å²) in [5, 5.41) is 0. The highest BCUT2D eigenvalue weighted by molar-refractivity contribution is 5.91. The van der Waals surface area contributed by atoms with Crippen LogP contribution in [0.4, 0.5) is 0 Å². The van der Waals surface area contributed by atoms with Crippen LogP contribution in [0.1, 0.15) is 52.4 Å². The lowest BCUT2D eigenvalue weighted by Crippen LogP contribution is -2.56. The minimum absolute atomic E-state index is 0.0612. The molecule has 0 N–H and O–H groups in total. The molecule has 7 unspecified atom stereocenters. The van der Waals surface area contributed by atoms with E-state index in [4.69, 9.17) is 4.74 Å². The highest BCUT2D eigenvalue weighted by Gasteiger charge is 2.76. The van der Waals surface area contributed by atoms with E-state index in [1.54, 1.807) is 0 Å². The Morgan fingerprint density at radius 2 is 2.12 bits per heavy atom. The van der Waals surface area contributed by atoms with Crippen LogP contribution in [0.15, 0.2) is 23.8 Å². The second-order valence-electron chi connectivity index (χ2n) is 10.2. The fourth-order valence-corrected chi connectivity index (χ4v) is 8.62. The minimum atomic E-state index is 0.0612. The van der Waals surface area contributed by atoms with Gasteiger partial charge in [0.1, 0.15) is 0 Å². The fourth-order valence-electron chi connectivity index (χ4n) is 8.62. The molecule has 0 saturated heterocycles. The Hall–Kier alpha value is -0.890. The van der Waals surface area contributed by atoms with Gasteiger partial charge in [0.25, 0.3) is 0 Å². The normalized spacial score (nSPS) is 58.4. The number of ether oxygens (including phenoxy) is 1. The van der Waals surface area contributed by atoms with Gasteiger partial charge in [-0.3, -0.25) is 4.79 Å². The molecule has 2 nitrogen and oxygen atoms in total. The molecule has 25 heavy (non-hydrogen) atoms. The maximum Gasteiger partial charge on any atom is 0.155 e. The van der Waals surface area contributed by atoms with Gasteiger partial charge in [-0.1, -0.05) is 31.6 Å². The monoisotopic (exact) mass is 338 g/mol. The molecule has 1 heterocycles. The van der Waals surface area contributed by atoms with Crippen molar-refractivity contribution in [1.29, 1.82) is 0 Å². The van der Waals surface area contributed by atoms with Crippen LogP contribution in [0.2, 0.25) is 0 Å². The van der Waals surface area contributed by atoms with Crippen LogP contribution in [0.3, 0.4) is 0 Å². The van der Waals surface area contributed by atoms with Gasteiger partial charge in [0.05, 0.1) is 12.2 Å². The van der Waals surface area contributed by atoms with Crippen molar-refractivity contribution in [2.75, 3.05) is 6.61 Å². The van der Waals surface area contributed by atoms with Crippen LogP contribution >= 0.6 is 0 Å². The third kappa shape index (κ3) is 1.69. The maximum absolute atomic E-state index is 11.9. The maximum atomic E-state index is 11.9. The molecule has 6 rings (SSSR count). The Morgan fingerprint density at radius 1 is 1.24 bits per heavy atom. The van der Waals surface area contributed by atoms with Crippen molar-refractivity contribution in [2.24, 2.45) is 46.8 Å². The molecule has 1 spiro atoms. The van der Waals surface area contributed by atoms with Gasteiger partial charge in [-0.25, -0.2) is 0 Å². The summed E-state index contributed by atoms with van der Waals surface area (Å²) in [4.78, 5) is 11.9. The van der Waals surface area contributed by atoms with Crippen LogP contribution in [0.5, 0.6) is 0 Å². The van der Waals surface area contributed by atoms with Gasteiger partial charge in [0.15, 0.2) is 5.78 Å². The molecule has 1 aliphatic heterocycles. The number of carbonyl (C=O) groups is 1. The van der Waals surface area contributed by atoms with Gasteiger partial charge in [-0.05, 0) is 79.6 Å². The van der Waals surface area contributed by atoms with Crippen molar-refractivity contribution in [3.8, 4) is 0 Å². The third-order valence-electron chi connectivity index (χ3n) is 9.43. The minimum Gasteiger partial charge on any atom is -0.366 e. The van der Waals surface area contributed by atoms with Gasteiger partial charge >= 0.3 is 0 Å². The zero-order valence-electron chi connectivity index (χ0n) is 15.5. The lowest BCUT2D eigenvalue weighted by molar-refractivity contribution is -0.140. The Labute approximate surface area is 151 Å². The summed E-state index contributed by atoms with van der Waals surface area (Å²) in [5.74, 6) is 6.01. The molecule has 0 amide bonds. The van der Waals surface area contributed by atoms with Crippen molar-refractivity contribution in [3.63, 3.8) is 0 Å². The zero-order valence-corrected chi connectivity index (χ0v) is 15.5. The van der Waals surface area contributed by atoms with Crippen molar-refractivity contribution >= 4 is 5.78 Å². The topological polar surface area (TPSA) is 26.3 Å². The van der Waals surface area contributed by atoms with Gasteiger partial charge in [0.2, 0.25) is 0 Å². The average molecular weight is 338 g/mol. The molecular formula is C23H30O2. The van der Waals surface area contributed by atoms with Crippen LogP contribution in [-0.2, 0) is 9.53 Å². The molecule has 5 aliphatic carbocycles. The molecular weight excluding hydrogens is 308 g/mol. The first kappa shape index (κ1) is 15.2. The van der Waals surface area contributed by atoms with Crippen LogP contribution in [0, 0.1) is 46.8 Å². The molecule has 4 saturated carbocycles. The predicted octanol–water partition coefficient (Wildman–Crippen LogP) is 4.56. The standard InChI is InChI=1S/C23H30O2/c1-13-10-14-11-15(24)4-5-16(14)17-6-8-22(2)21(20(13)17)18-12-19(18)23(22)7-3-9-25-23/h3,7,11,13,16-21H,4-6,8-10,12H2,1-2H3/t13-,16?,17?,18?,19?,20?,21?,22?,23+/m1/s1. The number of hydrogen-bond acceptors (Lipinski definition) is 2. The Morgan fingerprint density at radius 3 is 2.92 bits per heavy atom. The van der Waals surface area contributed by atoms with Gasteiger partial charge in [0, 0.05) is 11.8 Å². The van der Waals surface area contributed by atoms with Crippen molar-refractivity contribution in [3.05, 3.63) is 23.8 Å². The summed E-state index contributed by atoms with van der Waals surface area (Å²) >= 11 is 0. The van der Waals surface area contributed by atoms with Crippen molar-refractivity contribution in [1.82, 2.24) is 0 Å². The highest BCUT2D eigenvalue weighted by Crippen LogP contribution is 2.78. The van der Waals surface area contributed by atoms with Crippen molar-refractivity contribution in [2.45, 2.75) is 58.0 Å². The number of ketones is 1. The van der Waals surface area contributed by atoms with Gasteiger partial charge < -0.3 is 4.74 Å². The second kappa shape index (κ2) is 4.68. The summed E-state index contributed by atoms with van der Waals surface area (Å²) in [5.41, 5.74) is 1.91. The smallest absolute Gasteiger partial charge is 0.155 e. The van der Waals surface area contributed by atoms with Gasteiger partial charge in [-0.2, -0.15) is 0 Å². The summed E-state index contributed by atoms with van der Waals surface area (Å²) in [6.07, 6.45) is 13.9. The largest absolute Gasteiger partial charge is 0.366 e. The Balaban J connectivity index is 1.41. The van der Waals surface area contributed by atoms with E-state index in [-0.39, 0.29) is 5.60 Å². The van der Waals surface area contributed by atoms with E-state index < -0.39 is 0 Å². The molecule has 2 heteroatoms. The summed E-state index contributed by atoms with van der Waals surface area (Å²) in [7, 11) is 0. The molecule has 134 valence electrons. The molecule has 9 atom stereocenters. The number of hydrogen-bond donors (Lipinski definition) is 0. The van der Waals surface area contributed by atoms with Crippen molar-refractivity contribution < 1.29 is 9.53 Å². The average Bonchev–Trinajstić information content (AvgIpc) is 3.15. The number of allylic oxidation sites excluding steroid dienone is 1. The highest BCUT2D eigenvalue weighted by atomic mass is 16.5. The Kier molecular flexibility index (Phi) is 2.85. The van der Waals surface area contributed by atoms with E-state index in [0.717, 1.165) is 55.0 Å². The van der Waals surface area contributed by atoms with E-state index in [9.17, 15) is 4.79 Å². The van der Waals surface area contributed by atoms with E-state index in [2.05, 4.69) is 26.0 Å². The first-order valence-corrected chi connectivity index (χ1v) is 10.6. The van der Waals surface area contributed by atoms with Crippen LogP contribution in [-0.4, -0.2) is 18.0 Å². The van der Waals surface area contributed by atoms with E-state index >= 15 is 0 Å². The van der Waals surface area contributed by atoms with Crippen LogP contribution < -0.4 is 0 Å². The molecule has 0 aromatic carbocycles. The van der Waals surface area contributed by atoms with Crippen LogP contribution in [0.25, 0.3) is 0 Å². The predicted molar refractivity (Wildman–Crippen MR) is 96.8 cm³/mol. The third-order valence-corrected chi connectivity index (χ3v) is 9.43. The molecule has 6 aliphatic rings. The fraction of sp³-hybridized carbons (Fsp3) is 0.783. The zero-order chi connectivity index (χ0) is 17.0. The molecule has 4 fully saturated rings. The SMILES string of the molecule is C[C@@H]1CC2=CC(=O)CCC2C2CCC3(C)C(C4CC4[C@@]34C=CCO4)C21. The molecule has 0 radical (unpaired) electrons. The second-order valence-corrected chi connectivity index (χ2v) is 10.2. The first-order valence-electron chi connectivity index (χ1n) is 10.6. The Bertz CT molecular complexity index is 705. The lowest BCUT2D eigenvalue weighted by atomic mass is 9.47. The first-order chi connectivity index (χ1) is 12.1. The summed E-state index contributed by atoms with van der Waals surface area (Å²) < 4.78 is 6.50. The number of rotatable bonds is 0. The summed E-state index contributed by atoms with van der Waals surface area (Å²) in [6, 6.07) is 0. The number of carbonyl (C=O) groups excluding carboxylic acids is 1. The summed E-state index contributed by atoms with van der Waals surface area (Å²) in [6.45, 7) is 5.87. The van der Waals surface area contributed by atoms with E-state index in [1.807, 2.05) is 6.08 Å². The molecule has 0 aromatic rings. The molecule has 0 aromatic heterocycles. The lowest BCUT2D eigenvalue weighted by Gasteiger charge is -2.59. The molecule has 0 bridgehead atoms. The van der Waals surface area contributed by atoms with Gasteiger partial charge in [-0.15, -0.1) is 0 Å². The van der Waals surface area contributed by atoms with E-state index in [1.165, 1.54) is 31.3 Å². The van der Waals surface area contributed by atoms with E-state index in [0.29, 0.717) is 17.1 Å². The number of fused-ring (bicyclic) bond motifs is 9.